The molecule has 0 unspecified atom stereocenters. The number of hydrogen-bond donors (Lipinski definition) is 1. The molecule has 0 aliphatic heterocycles. The fourth-order valence-electron chi connectivity index (χ4n) is 2.54. The van der Waals surface area contributed by atoms with Crippen LogP contribution in [0.25, 0.3) is 0 Å². The maximum absolute atomic E-state index is 12.6. The van der Waals surface area contributed by atoms with Crippen LogP contribution in [-0.2, 0) is 16.1 Å². The molecular weight excluding hydrogens is 344 g/mol. The average molecular weight is 368 g/mol. The number of rotatable bonds is 9. The fourth-order valence-corrected chi connectivity index (χ4v) is 2.54. The lowest BCUT2D eigenvalue weighted by Crippen LogP contribution is -2.41. The molecule has 0 aliphatic carbocycles. The fraction of sp³-hybridized carbons (Fsp3) is 0.350. The van der Waals surface area contributed by atoms with E-state index in [2.05, 4.69) is 5.32 Å². The second kappa shape index (κ2) is 10.1. The predicted octanol–water partition coefficient (Wildman–Crippen LogP) is 2.40. The van der Waals surface area contributed by atoms with Crippen molar-refractivity contribution in [2.45, 2.75) is 19.9 Å². The van der Waals surface area contributed by atoms with Crippen molar-refractivity contribution >= 4 is 17.5 Å². The maximum atomic E-state index is 12.6. The monoisotopic (exact) mass is 368 g/mol. The highest BCUT2D eigenvalue weighted by Crippen LogP contribution is 2.09. The number of likely N-dealkylation sites (N-methyl/N-ethyl adjacent to an activating group) is 1. The molecule has 0 atom stereocenters. The molecule has 0 saturated heterocycles. The van der Waals surface area contributed by atoms with Gasteiger partial charge in [-0.1, -0.05) is 17.7 Å². The molecule has 1 N–H and O–H groups in total. The van der Waals surface area contributed by atoms with E-state index in [1.165, 1.54) is 0 Å². The van der Waals surface area contributed by atoms with Crippen LogP contribution in [0.15, 0.2) is 47.1 Å². The number of carbonyl (C=O) groups is 2. The first-order valence-electron chi connectivity index (χ1n) is 8.70. The molecule has 0 spiro atoms. The second-order valence-electron chi connectivity index (χ2n) is 6.39. The minimum Gasteiger partial charge on any atom is -0.467 e. The summed E-state index contributed by atoms with van der Waals surface area (Å²) in [6.07, 6.45) is 1.79. The third-order valence-electron chi connectivity index (χ3n) is 3.93. The molecule has 1 aromatic heterocycles. The van der Waals surface area contributed by atoms with Crippen LogP contribution in [0.1, 0.15) is 17.7 Å². The summed E-state index contributed by atoms with van der Waals surface area (Å²) in [6, 6.07) is 13.1. The molecule has 2 rings (SSSR count). The van der Waals surface area contributed by atoms with E-state index in [9.17, 15) is 9.59 Å². The van der Waals surface area contributed by atoms with E-state index in [1.54, 1.807) is 35.2 Å². The molecule has 7 heteroatoms. The zero-order valence-electron chi connectivity index (χ0n) is 15.6. The van der Waals surface area contributed by atoms with Crippen molar-refractivity contribution in [2.75, 3.05) is 32.0 Å². The summed E-state index contributed by atoms with van der Waals surface area (Å²) in [6.45, 7) is 2.77. The van der Waals surface area contributed by atoms with Crippen LogP contribution in [0, 0.1) is 18.3 Å². The third kappa shape index (κ3) is 6.96. The first-order chi connectivity index (χ1) is 13.0. The summed E-state index contributed by atoms with van der Waals surface area (Å²) in [5, 5.41) is 11.6. The van der Waals surface area contributed by atoms with Gasteiger partial charge in [0.25, 0.3) is 0 Å². The lowest BCUT2D eigenvalue weighted by atomic mass is 10.2. The van der Waals surface area contributed by atoms with Crippen LogP contribution in [0.2, 0.25) is 0 Å². The van der Waals surface area contributed by atoms with E-state index < -0.39 is 0 Å². The number of nitrogens with zero attached hydrogens (tertiary/aromatic N) is 3. The average Bonchev–Trinajstić information content (AvgIpc) is 3.13. The molecule has 7 nitrogen and oxygen atoms in total. The molecule has 2 aromatic rings. The normalized spacial score (nSPS) is 10.4. The quantitative estimate of drug-likeness (QED) is 0.734. The molecule has 0 fully saturated rings. The topological polar surface area (TPSA) is 89.6 Å². The smallest absolute Gasteiger partial charge is 0.238 e. The van der Waals surface area contributed by atoms with Gasteiger partial charge in [-0.15, -0.1) is 0 Å². The predicted molar refractivity (Wildman–Crippen MR) is 102 cm³/mol. The minimum atomic E-state index is -0.191. The van der Waals surface area contributed by atoms with E-state index in [1.807, 2.05) is 37.3 Å². The highest BCUT2D eigenvalue weighted by molar-refractivity contribution is 5.92. The highest BCUT2D eigenvalue weighted by atomic mass is 16.3. The third-order valence-corrected chi connectivity index (χ3v) is 3.93. The first kappa shape index (κ1) is 20.2. The van der Waals surface area contributed by atoms with Crippen molar-refractivity contribution in [3.05, 3.63) is 54.0 Å². The van der Waals surface area contributed by atoms with Gasteiger partial charge in [-0.2, -0.15) is 5.26 Å². The molecular formula is C20H24N4O3. The molecule has 0 aliphatic rings. The van der Waals surface area contributed by atoms with Gasteiger partial charge in [0.05, 0.1) is 38.4 Å². The Morgan fingerprint density at radius 2 is 1.93 bits per heavy atom. The Balaban J connectivity index is 1.86. The zero-order valence-corrected chi connectivity index (χ0v) is 15.6. The van der Waals surface area contributed by atoms with Crippen molar-refractivity contribution in [3.8, 4) is 6.07 Å². The number of hydrogen-bond acceptors (Lipinski definition) is 5. The number of carbonyl (C=O) groups excluding carboxylic acids is 2. The van der Waals surface area contributed by atoms with Crippen molar-refractivity contribution in [2.24, 2.45) is 0 Å². The molecule has 2 amide bonds. The van der Waals surface area contributed by atoms with E-state index in [0.29, 0.717) is 18.8 Å². The molecule has 1 aromatic carbocycles. The van der Waals surface area contributed by atoms with Gasteiger partial charge in [-0.3, -0.25) is 14.5 Å². The Labute approximate surface area is 159 Å². The van der Waals surface area contributed by atoms with Crippen LogP contribution in [-0.4, -0.2) is 48.3 Å². The summed E-state index contributed by atoms with van der Waals surface area (Å²) in [5.74, 6) is 0.303. The standard InChI is InChI=1S/C20H24N4O3/c1-16-6-8-17(9-7-16)22-19(25)14-23(2)15-20(26)24(11-4-10-21)13-18-5-3-12-27-18/h3,5-9,12H,4,11,13-15H2,1-2H3,(H,22,25). The van der Waals surface area contributed by atoms with Crippen LogP contribution in [0.5, 0.6) is 0 Å². The number of aryl methyl sites for hydroxylation is 1. The number of anilines is 1. The van der Waals surface area contributed by atoms with E-state index in [4.69, 9.17) is 9.68 Å². The summed E-state index contributed by atoms with van der Waals surface area (Å²) < 4.78 is 5.28. The number of nitrogens with one attached hydrogen (secondary N) is 1. The van der Waals surface area contributed by atoms with Crippen molar-refractivity contribution in [1.82, 2.24) is 9.80 Å². The van der Waals surface area contributed by atoms with Gasteiger partial charge in [0.2, 0.25) is 11.8 Å². The Hall–Kier alpha value is -3.11. The van der Waals surface area contributed by atoms with Crippen LogP contribution in [0.4, 0.5) is 5.69 Å². The Kier molecular flexibility index (Phi) is 7.59. The maximum Gasteiger partial charge on any atom is 0.238 e. The molecule has 142 valence electrons. The molecule has 0 saturated carbocycles. The van der Waals surface area contributed by atoms with E-state index in [-0.39, 0.29) is 31.3 Å². The molecule has 1 heterocycles. The van der Waals surface area contributed by atoms with Gasteiger partial charge in [0.15, 0.2) is 0 Å². The van der Waals surface area contributed by atoms with E-state index >= 15 is 0 Å². The molecule has 0 bridgehead atoms. The van der Waals surface area contributed by atoms with Gasteiger partial charge in [0.1, 0.15) is 5.76 Å². The second-order valence-corrected chi connectivity index (χ2v) is 6.39. The number of nitriles is 1. The Bertz CT molecular complexity index is 779. The lowest BCUT2D eigenvalue weighted by Gasteiger charge is -2.24. The number of amides is 2. The summed E-state index contributed by atoms with van der Waals surface area (Å²) in [5.41, 5.74) is 1.84. The summed E-state index contributed by atoms with van der Waals surface area (Å²) in [4.78, 5) is 27.9. The van der Waals surface area contributed by atoms with Crippen molar-refractivity contribution in [1.29, 1.82) is 5.26 Å². The number of furan rings is 1. The highest BCUT2D eigenvalue weighted by Gasteiger charge is 2.18. The molecule has 0 radical (unpaired) electrons. The summed E-state index contributed by atoms with van der Waals surface area (Å²) >= 11 is 0. The van der Waals surface area contributed by atoms with Gasteiger partial charge in [0, 0.05) is 12.2 Å². The van der Waals surface area contributed by atoms with Crippen molar-refractivity contribution < 1.29 is 14.0 Å². The number of benzene rings is 1. The van der Waals surface area contributed by atoms with Crippen LogP contribution < -0.4 is 5.32 Å². The Morgan fingerprint density at radius 3 is 2.56 bits per heavy atom. The van der Waals surface area contributed by atoms with Gasteiger partial charge in [-0.05, 0) is 38.2 Å². The largest absolute Gasteiger partial charge is 0.467 e. The molecule has 27 heavy (non-hydrogen) atoms. The van der Waals surface area contributed by atoms with Gasteiger partial charge < -0.3 is 14.6 Å². The van der Waals surface area contributed by atoms with Gasteiger partial charge in [-0.25, -0.2) is 0 Å². The first-order valence-corrected chi connectivity index (χ1v) is 8.70. The minimum absolute atomic E-state index is 0.0768. The van der Waals surface area contributed by atoms with E-state index in [0.717, 1.165) is 11.3 Å². The zero-order chi connectivity index (χ0) is 19.6. The summed E-state index contributed by atoms with van der Waals surface area (Å²) in [7, 11) is 1.71. The van der Waals surface area contributed by atoms with Crippen molar-refractivity contribution in [3.63, 3.8) is 0 Å². The SMILES string of the molecule is Cc1ccc(NC(=O)CN(C)CC(=O)N(CCC#N)Cc2ccco2)cc1. The Morgan fingerprint density at radius 1 is 1.19 bits per heavy atom. The van der Waals surface area contributed by atoms with Gasteiger partial charge >= 0.3 is 0 Å². The van der Waals surface area contributed by atoms with Crippen LogP contribution in [0.3, 0.4) is 0 Å². The lowest BCUT2D eigenvalue weighted by molar-refractivity contribution is -0.133. The van der Waals surface area contributed by atoms with Crippen LogP contribution >= 0.6 is 0 Å².